The van der Waals surface area contributed by atoms with Crippen LogP contribution in [-0.2, 0) is 6.54 Å². The Morgan fingerprint density at radius 1 is 1.38 bits per heavy atom. The lowest BCUT2D eigenvalue weighted by Crippen LogP contribution is -2.23. The fraction of sp³-hybridized carbons (Fsp3) is 0.143. The predicted octanol–water partition coefficient (Wildman–Crippen LogP) is 3.42. The minimum atomic E-state index is -1.28. The van der Waals surface area contributed by atoms with Crippen molar-refractivity contribution in [3.05, 3.63) is 51.5 Å². The van der Waals surface area contributed by atoms with Gasteiger partial charge in [-0.05, 0) is 37.3 Å². The van der Waals surface area contributed by atoms with Crippen LogP contribution in [0.3, 0.4) is 0 Å². The molecule has 21 heavy (non-hydrogen) atoms. The third-order valence-electron chi connectivity index (χ3n) is 2.92. The molecule has 110 valence electrons. The van der Waals surface area contributed by atoms with Crippen LogP contribution in [0.1, 0.15) is 6.92 Å². The molecule has 2 aromatic rings. The third kappa shape index (κ3) is 3.05. The average Bonchev–Trinajstić information content (AvgIpc) is 2.43. The number of pyridine rings is 1. The number of rotatable bonds is 3. The molecule has 0 saturated carbocycles. The number of aromatic nitrogens is 1. The summed E-state index contributed by atoms with van der Waals surface area (Å²) in [6, 6.07) is 6.66. The summed E-state index contributed by atoms with van der Waals surface area (Å²) >= 11 is 5.84. The van der Waals surface area contributed by atoms with Gasteiger partial charge in [0, 0.05) is 12.1 Å². The number of hydrogen-bond acceptors (Lipinski definition) is 2. The lowest BCUT2D eigenvalue weighted by atomic mass is 10.1. The first-order chi connectivity index (χ1) is 9.93. The van der Waals surface area contributed by atoms with Gasteiger partial charge in [-0.1, -0.05) is 11.6 Å². The Morgan fingerprint density at radius 2 is 2.00 bits per heavy atom. The van der Waals surface area contributed by atoms with Crippen molar-refractivity contribution in [3.8, 4) is 11.3 Å². The molecule has 0 aliphatic carbocycles. The second kappa shape index (κ2) is 5.97. The van der Waals surface area contributed by atoms with Crippen LogP contribution in [0.4, 0.5) is 14.9 Å². The van der Waals surface area contributed by atoms with E-state index in [1.807, 2.05) is 0 Å². The smallest absolute Gasteiger partial charge is 0.409 e. The number of anilines is 1. The Balaban J connectivity index is 2.76. The van der Waals surface area contributed by atoms with Gasteiger partial charge in [0.2, 0.25) is 0 Å². The number of hydrogen-bond donors (Lipinski definition) is 2. The average molecular weight is 311 g/mol. The second-order valence-corrected chi connectivity index (χ2v) is 4.65. The zero-order valence-electron chi connectivity index (χ0n) is 11.1. The molecule has 0 aliphatic rings. The molecule has 2 N–H and O–H groups in total. The lowest BCUT2D eigenvalue weighted by Gasteiger charge is -2.16. The fourth-order valence-electron chi connectivity index (χ4n) is 2.06. The summed E-state index contributed by atoms with van der Waals surface area (Å²) < 4.78 is 14.4. The zero-order valence-corrected chi connectivity index (χ0v) is 11.8. The molecular weight excluding hydrogens is 299 g/mol. The summed E-state index contributed by atoms with van der Waals surface area (Å²) in [5.41, 5.74) is 0.583. The molecule has 1 heterocycles. The molecule has 0 fully saturated rings. The first kappa shape index (κ1) is 15.1. The highest BCUT2D eigenvalue weighted by atomic mass is 35.5. The van der Waals surface area contributed by atoms with E-state index in [1.54, 1.807) is 6.92 Å². The number of halogens is 2. The lowest BCUT2D eigenvalue weighted by molar-refractivity contribution is 0.209. The predicted molar refractivity (Wildman–Crippen MR) is 78.4 cm³/mol. The van der Waals surface area contributed by atoms with Gasteiger partial charge in [0.05, 0.1) is 11.4 Å². The van der Waals surface area contributed by atoms with E-state index in [-0.39, 0.29) is 10.7 Å². The van der Waals surface area contributed by atoms with Crippen molar-refractivity contribution in [2.24, 2.45) is 0 Å². The molecule has 1 amide bonds. The van der Waals surface area contributed by atoms with Gasteiger partial charge in [0.25, 0.3) is 5.56 Å². The molecule has 0 aliphatic heterocycles. The maximum atomic E-state index is 13.0. The molecule has 0 atom stereocenters. The number of carbonyl (C=O) groups is 1. The molecule has 0 spiro atoms. The van der Waals surface area contributed by atoms with Gasteiger partial charge in [0.15, 0.2) is 0 Å². The van der Waals surface area contributed by atoms with E-state index in [0.717, 1.165) is 0 Å². The minimum absolute atomic E-state index is 0.0912. The van der Waals surface area contributed by atoms with Gasteiger partial charge in [-0.3, -0.25) is 10.1 Å². The summed E-state index contributed by atoms with van der Waals surface area (Å²) in [6.45, 7) is 2.02. The maximum absolute atomic E-state index is 13.0. The van der Waals surface area contributed by atoms with Crippen molar-refractivity contribution in [1.82, 2.24) is 4.57 Å². The third-order valence-corrected chi connectivity index (χ3v) is 3.19. The SMILES string of the molecule is CCn1c(-c2ccc(F)cc2)c(NC(=O)O)cc(Cl)c1=O. The zero-order chi connectivity index (χ0) is 15.6. The maximum Gasteiger partial charge on any atom is 0.409 e. The Labute approximate surface area is 124 Å². The molecular formula is C14H12ClFN2O3. The van der Waals surface area contributed by atoms with E-state index in [0.29, 0.717) is 17.8 Å². The molecule has 0 radical (unpaired) electrons. The van der Waals surface area contributed by atoms with Gasteiger partial charge in [-0.2, -0.15) is 0 Å². The number of nitrogens with one attached hydrogen (secondary N) is 1. The summed E-state index contributed by atoms with van der Waals surface area (Å²) in [7, 11) is 0. The van der Waals surface area contributed by atoms with Crippen LogP contribution in [-0.4, -0.2) is 15.8 Å². The summed E-state index contributed by atoms with van der Waals surface area (Å²) in [5, 5.41) is 11.0. The van der Waals surface area contributed by atoms with E-state index < -0.39 is 17.5 Å². The van der Waals surface area contributed by atoms with Crippen LogP contribution in [0.2, 0.25) is 5.02 Å². The van der Waals surface area contributed by atoms with Crippen LogP contribution >= 0.6 is 11.6 Å². The van der Waals surface area contributed by atoms with Crippen molar-refractivity contribution >= 4 is 23.4 Å². The summed E-state index contributed by atoms with van der Waals surface area (Å²) in [4.78, 5) is 23.0. The van der Waals surface area contributed by atoms with Crippen LogP contribution in [0.15, 0.2) is 35.1 Å². The monoisotopic (exact) mass is 310 g/mol. The fourth-order valence-corrected chi connectivity index (χ4v) is 2.28. The van der Waals surface area contributed by atoms with Crippen molar-refractivity contribution in [2.45, 2.75) is 13.5 Å². The Kier molecular flexibility index (Phi) is 4.28. The van der Waals surface area contributed by atoms with Crippen LogP contribution in [0.5, 0.6) is 0 Å². The van der Waals surface area contributed by atoms with Gasteiger partial charge < -0.3 is 9.67 Å². The highest BCUT2D eigenvalue weighted by Crippen LogP contribution is 2.29. The van der Waals surface area contributed by atoms with Gasteiger partial charge in [-0.25, -0.2) is 9.18 Å². The quantitative estimate of drug-likeness (QED) is 0.912. The molecule has 1 aromatic carbocycles. The Bertz CT molecular complexity index is 741. The van der Waals surface area contributed by atoms with Crippen molar-refractivity contribution in [2.75, 3.05) is 5.32 Å². The van der Waals surface area contributed by atoms with Crippen LogP contribution in [0.25, 0.3) is 11.3 Å². The van der Waals surface area contributed by atoms with Gasteiger partial charge >= 0.3 is 6.09 Å². The standard InChI is InChI=1S/C14H12ClFN2O3/c1-2-18-12(8-3-5-9(16)6-4-8)11(17-14(20)21)7-10(15)13(18)19/h3-7,17H,2H2,1H3,(H,20,21). The van der Waals surface area contributed by atoms with E-state index in [4.69, 9.17) is 16.7 Å². The molecule has 0 saturated heterocycles. The molecule has 1 aromatic heterocycles. The Morgan fingerprint density at radius 3 is 2.52 bits per heavy atom. The van der Waals surface area contributed by atoms with E-state index in [9.17, 15) is 14.0 Å². The van der Waals surface area contributed by atoms with E-state index in [2.05, 4.69) is 5.32 Å². The first-order valence-corrected chi connectivity index (χ1v) is 6.51. The number of nitrogens with zero attached hydrogens (tertiary/aromatic N) is 1. The van der Waals surface area contributed by atoms with Crippen molar-refractivity contribution in [3.63, 3.8) is 0 Å². The Hall–Kier alpha value is -2.34. The number of amides is 1. The van der Waals surface area contributed by atoms with Crippen molar-refractivity contribution < 1.29 is 14.3 Å². The molecule has 5 nitrogen and oxygen atoms in total. The van der Waals surface area contributed by atoms with E-state index >= 15 is 0 Å². The molecule has 7 heteroatoms. The number of carboxylic acid groups (broad SMARTS) is 1. The highest BCUT2D eigenvalue weighted by molar-refractivity contribution is 6.30. The largest absolute Gasteiger partial charge is 0.465 e. The molecule has 0 unspecified atom stereocenters. The summed E-state index contributed by atoms with van der Waals surface area (Å²) in [5.74, 6) is -0.425. The normalized spacial score (nSPS) is 10.4. The topological polar surface area (TPSA) is 71.3 Å². The minimum Gasteiger partial charge on any atom is -0.465 e. The molecule has 2 rings (SSSR count). The van der Waals surface area contributed by atoms with Crippen molar-refractivity contribution in [1.29, 1.82) is 0 Å². The van der Waals surface area contributed by atoms with Crippen LogP contribution in [0, 0.1) is 5.82 Å². The highest BCUT2D eigenvalue weighted by Gasteiger charge is 2.16. The second-order valence-electron chi connectivity index (χ2n) is 4.24. The van der Waals surface area contributed by atoms with Gasteiger partial charge in [0.1, 0.15) is 10.8 Å². The molecule has 0 bridgehead atoms. The van der Waals surface area contributed by atoms with E-state index in [1.165, 1.54) is 34.9 Å². The number of benzene rings is 1. The summed E-state index contributed by atoms with van der Waals surface area (Å²) in [6.07, 6.45) is -1.28. The first-order valence-electron chi connectivity index (χ1n) is 6.13. The van der Waals surface area contributed by atoms with Crippen LogP contribution < -0.4 is 10.9 Å². The van der Waals surface area contributed by atoms with Gasteiger partial charge in [-0.15, -0.1) is 0 Å².